The second-order valence-corrected chi connectivity index (χ2v) is 7.93. The van der Waals surface area contributed by atoms with E-state index in [-0.39, 0.29) is 16.7 Å². The number of ether oxygens (including phenoxy) is 1. The molecule has 0 saturated heterocycles. The molecule has 2 aromatic heterocycles. The molecule has 2 heterocycles. The topological polar surface area (TPSA) is 83.0 Å². The molecule has 3 rings (SSSR count). The van der Waals surface area contributed by atoms with E-state index in [1.165, 1.54) is 11.8 Å². The molecule has 8 heteroatoms. The van der Waals surface area contributed by atoms with Crippen molar-refractivity contribution in [3.8, 4) is 0 Å². The maximum atomic E-state index is 13.0. The number of rotatable bonds is 8. The van der Waals surface area contributed by atoms with Crippen molar-refractivity contribution in [3.05, 3.63) is 46.3 Å². The molecule has 0 amide bonds. The van der Waals surface area contributed by atoms with Crippen molar-refractivity contribution in [1.29, 1.82) is 0 Å². The van der Waals surface area contributed by atoms with Gasteiger partial charge in [-0.05, 0) is 25.5 Å². The molecule has 0 bridgehead atoms. The highest BCUT2D eigenvalue weighted by Gasteiger charge is 2.20. The maximum Gasteiger partial charge on any atom is 0.262 e. The average Bonchev–Trinajstić information content (AvgIpc) is 3.15. The maximum absolute atomic E-state index is 13.0. The number of aromatic nitrogens is 4. The number of methoxy groups -OCH3 is 1. The van der Waals surface area contributed by atoms with Crippen molar-refractivity contribution in [2.75, 3.05) is 13.7 Å². The first kappa shape index (κ1) is 19.6. The van der Waals surface area contributed by atoms with Gasteiger partial charge in [0.1, 0.15) is 0 Å². The number of benzene rings is 1. The second kappa shape index (κ2) is 8.67. The average molecular weight is 388 g/mol. The normalized spacial score (nSPS) is 12.8. The highest BCUT2D eigenvalue weighted by Crippen LogP contribution is 2.33. The summed E-state index contributed by atoms with van der Waals surface area (Å²) in [5.41, 5.74) is 0.647. The largest absolute Gasteiger partial charge is 0.385 e. The van der Waals surface area contributed by atoms with Crippen LogP contribution in [-0.4, -0.2) is 33.4 Å². The van der Waals surface area contributed by atoms with Crippen molar-refractivity contribution in [2.24, 2.45) is 0 Å². The Kier molecular flexibility index (Phi) is 6.28. The zero-order chi connectivity index (χ0) is 19.4. The molecule has 0 aliphatic carbocycles. The Morgan fingerprint density at radius 1 is 1.22 bits per heavy atom. The molecule has 0 radical (unpaired) electrons. The van der Waals surface area contributed by atoms with Crippen LogP contribution in [0.5, 0.6) is 0 Å². The molecular formula is C19H24N4O3S. The van der Waals surface area contributed by atoms with Gasteiger partial charge in [0.15, 0.2) is 11.0 Å². The highest BCUT2D eigenvalue weighted by molar-refractivity contribution is 7.99. The van der Waals surface area contributed by atoms with E-state index < -0.39 is 0 Å². The van der Waals surface area contributed by atoms with E-state index in [1.54, 1.807) is 11.7 Å². The van der Waals surface area contributed by atoms with Crippen molar-refractivity contribution in [1.82, 2.24) is 19.7 Å². The predicted octanol–water partition coefficient (Wildman–Crippen LogP) is 3.79. The standard InChI is InChI=1S/C19H24N4O3S/c1-12(2)16-21-17(26-22-16)13(3)27-19-20-15-9-6-5-8-14(15)18(24)23(19)10-7-11-25-4/h5-6,8-9,12-13H,7,10-11H2,1-4H3. The third kappa shape index (κ3) is 4.39. The van der Waals surface area contributed by atoms with Gasteiger partial charge in [-0.1, -0.05) is 42.9 Å². The van der Waals surface area contributed by atoms with Crippen LogP contribution in [0.3, 0.4) is 0 Å². The minimum atomic E-state index is -0.119. The summed E-state index contributed by atoms with van der Waals surface area (Å²) in [7, 11) is 1.65. The van der Waals surface area contributed by atoms with Gasteiger partial charge in [0.2, 0.25) is 5.89 Å². The van der Waals surface area contributed by atoms with Crippen LogP contribution in [0.4, 0.5) is 0 Å². The van der Waals surface area contributed by atoms with Crippen molar-refractivity contribution >= 4 is 22.7 Å². The minimum Gasteiger partial charge on any atom is -0.385 e. The molecule has 0 aliphatic rings. The van der Waals surface area contributed by atoms with Crippen LogP contribution in [0.1, 0.15) is 50.1 Å². The summed E-state index contributed by atoms with van der Waals surface area (Å²) in [6.07, 6.45) is 0.733. The number of hydrogen-bond acceptors (Lipinski definition) is 7. The second-order valence-electron chi connectivity index (χ2n) is 6.62. The third-order valence-electron chi connectivity index (χ3n) is 4.16. The van der Waals surface area contributed by atoms with Crippen LogP contribution < -0.4 is 5.56 Å². The summed E-state index contributed by atoms with van der Waals surface area (Å²) in [6, 6.07) is 7.40. The van der Waals surface area contributed by atoms with Gasteiger partial charge in [0, 0.05) is 26.2 Å². The fourth-order valence-corrected chi connectivity index (χ4v) is 3.62. The lowest BCUT2D eigenvalue weighted by atomic mass is 10.2. The Labute approximate surface area is 162 Å². The summed E-state index contributed by atoms with van der Waals surface area (Å²) < 4.78 is 12.2. The van der Waals surface area contributed by atoms with Gasteiger partial charge in [-0.15, -0.1) is 0 Å². The number of hydrogen-bond donors (Lipinski definition) is 0. The summed E-state index contributed by atoms with van der Waals surface area (Å²) in [5, 5.41) is 5.17. The fourth-order valence-electron chi connectivity index (χ4n) is 2.66. The lowest BCUT2D eigenvalue weighted by molar-refractivity contribution is 0.189. The van der Waals surface area contributed by atoms with Gasteiger partial charge < -0.3 is 9.26 Å². The quantitative estimate of drug-likeness (QED) is 0.330. The molecule has 0 spiro atoms. The Morgan fingerprint density at radius 3 is 2.70 bits per heavy atom. The molecule has 0 saturated carbocycles. The number of para-hydroxylation sites is 1. The lowest BCUT2D eigenvalue weighted by Gasteiger charge is -2.14. The first-order chi connectivity index (χ1) is 13.0. The zero-order valence-corrected chi connectivity index (χ0v) is 16.8. The number of nitrogens with zero attached hydrogens (tertiary/aromatic N) is 4. The van der Waals surface area contributed by atoms with Crippen molar-refractivity contribution < 1.29 is 9.26 Å². The highest BCUT2D eigenvalue weighted by atomic mass is 32.2. The van der Waals surface area contributed by atoms with Crippen LogP contribution in [0.2, 0.25) is 0 Å². The molecule has 3 aromatic rings. The summed E-state index contributed by atoms with van der Waals surface area (Å²) in [6.45, 7) is 7.14. The van der Waals surface area contributed by atoms with Gasteiger partial charge in [0.05, 0.1) is 16.2 Å². The Hall–Kier alpha value is -2.19. The third-order valence-corrected chi connectivity index (χ3v) is 5.24. The van der Waals surface area contributed by atoms with E-state index in [4.69, 9.17) is 14.2 Å². The van der Waals surface area contributed by atoms with Crippen LogP contribution in [0.15, 0.2) is 38.7 Å². The molecular weight excluding hydrogens is 364 g/mol. The van der Waals surface area contributed by atoms with Gasteiger partial charge >= 0.3 is 0 Å². The zero-order valence-electron chi connectivity index (χ0n) is 16.0. The van der Waals surface area contributed by atoms with E-state index in [0.29, 0.717) is 40.9 Å². The molecule has 0 aliphatic heterocycles. The van der Waals surface area contributed by atoms with E-state index in [9.17, 15) is 4.79 Å². The van der Waals surface area contributed by atoms with E-state index in [1.807, 2.05) is 45.0 Å². The monoisotopic (exact) mass is 388 g/mol. The molecule has 0 fully saturated rings. The Morgan fingerprint density at radius 2 is 2.00 bits per heavy atom. The van der Waals surface area contributed by atoms with Crippen LogP contribution in [0.25, 0.3) is 10.9 Å². The van der Waals surface area contributed by atoms with Gasteiger partial charge in [-0.2, -0.15) is 4.98 Å². The summed E-state index contributed by atoms with van der Waals surface area (Å²) >= 11 is 1.45. The van der Waals surface area contributed by atoms with Gasteiger partial charge in [-0.25, -0.2) is 4.98 Å². The SMILES string of the molecule is COCCCn1c(SC(C)c2nc(C(C)C)no2)nc2ccccc2c1=O. The molecule has 1 aromatic carbocycles. The van der Waals surface area contributed by atoms with Crippen LogP contribution in [-0.2, 0) is 11.3 Å². The Bertz CT molecular complexity index is 967. The van der Waals surface area contributed by atoms with Crippen LogP contribution in [0, 0.1) is 0 Å². The van der Waals surface area contributed by atoms with Crippen LogP contribution >= 0.6 is 11.8 Å². The summed E-state index contributed by atoms with van der Waals surface area (Å²) in [4.78, 5) is 22.2. The lowest BCUT2D eigenvalue weighted by Crippen LogP contribution is -2.24. The van der Waals surface area contributed by atoms with E-state index in [0.717, 1.165) is 6.42 Å². The van der Waals surface area contributed by atoms with Crippen molar-refractivity contribution in [2.45, 2.75) is 50.1 Å². The smallest absolute Gasteiger partial charge is 0.262 e. The molecule has 0 N–H and O–H groups in total. The predicted molar refractivity (Wildman–Crippen MR) is 105 cm³/mol. The molecule has 144 valence electrons. The van der Waals surface area contributed by atoms with E-state index >= 15 is 0 Å². The number of fused-ring (bicyclic) bond motifs is 1. The first-order valence-corrected chi connectivity index (χ1v) is 9.88. The fraction of sp³-hybridized carbons (Fsp3) is 0.474. The summed E-state index contributed by atoms with van der Waals surface area (Å²) in [5.74, 6) is 1.42. The van der Waals surface area contributed by atoms with E-state index in [2.05, 4.69) is 10.1 Å². The molecule has 27 heavy (non-hydrogen) atoms. The van der Waals surface area contributed by atoms with Gasteiger partial charge in [0.25, 0.3) is 5.56 Å². The molecule has 7 nitrogen and oxygen atoms in total. The molecule has 1 atom stereocenters. The first-order valence-electron chi connectivity index (χ1n) is 9.00. The van der Waals surface area contributed by atoms with Crippen molar-refractivity contribution in [3.63, 3.8) is 0 Å². The Balaban J connectivity index is 1.95. The number of thioether (sulfide) groups is 1. The minimum absolute atomic E-state index is 0.0419. The van der Waals surface area contributed by atoms with Gasteiger partial charge in [-0.3, -0.25) is 9.36 Å². The molecule has 1 unspecified atom stereocenters.